The summed E-state index contributed by atoms with van der Waals surface area (Å²) in [6.45, 7) is 1.66. The number of ether oxygens (including phenoxy) is 1. The molecule has 2 aliphatic heterocycles. The van der Waals surface area contributed by atoms with E-state index in [1.54, 1.807) is 6.07 Å². The molecule has 3 fully saturated rings. The quantitative estimate of drug-likeness (QED) is 0.697. The summed E-state index contributed by atoms with van der Waals surface area (Å²) in [5, 5.41) is 14.5. The second kappa shape index (κ2) is 9.73. The van der Waals surface area contributed by atoms with Crippen LogP contribution in [0.5, 0.6) is 0 Å². The molecule has 7 nitrogen and oxygen atoms in total. The summed E-state index contributed by atoms with van der Waals surface area (Å²) < 4.78 is 36.9. The third kappa shape index (κ3) is 5.01. The number of likely N-dealkylation sites (tertiary alicyclic amines) is 1. The number of benzene rings is 1. The van der Waals surface area contributed by atoms with Crippen molar-refractivity contribution in [1.82, 2.24) is 20.4 Å². The van der Waals surface area contributed by atoms with E-state index in [4.69, 9.17) is 7.48 Å². The van der Waals surface area contributed by atoms with E-state index >= 15 is 0 Å². The van der Waals surface area contributed by atoms with Gasteiger partial charge in [-0.3, -0.25) is 4.79 Å². The molecule has 1 saturated carbocycles. The van der Waals surface area contributed by atoms with Gasteiger partial charge < -0.3 is 20.3 Å². The molecule has 1 amide bonds. The number of rotatable bonds is 6. The number of hydrogen-bond donors (Lipinski definition) is 2. The van der Waals surface area contributed by atoms with Gasteiger partial charge in [-0.2, -0.15) is 0 Å². The van der Waals surface area contributed by atoms with Crippen LogP contribution in [0.25, 0.3) is 11.3 Å². The van der Waals surface area contributed by atoms with E-state index in [-0.39, 0.29) is 17.5 Å². The molecule has 0 radical (unpaired) electrons. The average Bonchev–Trinajstić information content (AvgIpc) is 3.44. The third-order valence-electron chi connectivity index (χ3n) is 7.09. The molecule has 176 valence electrons. The number of halogens is 1. The first-order valence-corrected chi connectivity index (χ1v) is 11.8. The van der Waals surface area contributed by atoms with Gasteiger partial charge in [-0.15, -0.1) is 10.2 Å². The summed E-state index contributed by atoms with van der Waals surface area (Å²) in [6, 6.07) is 8.28. The first kappa shape index (κ1) is 19.9. The van der Waals surface area contributed by atoms with Crippen molar-refractivity contribution in [3.63, 3.8) is 0 Å². The van der Waals surface area contributed by atoms with Gasteiger partial charge in [-0.1, -0.05) is 0 Å². The Hall–Kier alpha value is -2.58. The molecule has 2 N–H and O–H groups in total. The Balaban J connectivity index is 1.18. The van der Waals surface area contributed by atoms with Crippen molar-refractivity contribution in [2.24, 2.45) is 17.8 Å². The molecular formula is C25H32FN5O2. The van der Waals surface area contributed by atoms with Gasteiger partial charge in [0.25, 0.3) is 5.91 Å². The zero-order chi connectivity index (χ0) is 24.6. The highest BCUT2D eigenvalue weighted by Gasteiger charge is 2.41. The second-order valence-corrected chi connectivity index (χ2v) is 9.33. The van der Waals surface area contributed by atoms with Crippen LogP contribution in [0.1, 0.15) is 38.8 Å². The number of aromatic nitrogens is 2. The molecule has 3 heterocycles. The average molecular weight is 456 g/mol. The molecular weight excluding hydrogens is 421 g/mol. The molecule has 0 bridgehead atoms. The molecule has 5 rings (SSSR count). The van der Waals surface area contributed by atoms with Gasteiger partial charge in [0.1, 0.15) is 11.6 Å². The fourth-order valence-electron chi connectivity index (χ4n) is 5.37. The van der Waals surface area contributed by atoms with Gasteiger partial charge in [-0.05, 0) is 73.8 Å². The van der Waals surface area contributed by atoms with Gasteiger partial charge in [0, 0.05) is 54.2 Å². The normalized spacial score (nSPS) is 27.0. The Morgan fingerprint density at radius 1 is 1.18 bits per heavy atom. The van der Waals surface area contributed by atoms with Gasteiger partial charge in [0.05, 0.1) is 11.3 Å². The fraction of sp³-hybridized carbons (Fsp3) is 0.560. The number of fused-ring (bicyclic) bond motifs is 1. The molecule has 33 heavy (non-hydrogen) atoms. The van der Waals surface area contributed by atoms with Crippen molar-refractivity contribution in [2.45, 2.75) is 31.7 Å². The summed E-state index contributed by atoms with van der Waals surface area (Å²) >= 11 is 0. The largest absolute Gasteiger partial charge is 0.381 e. The van der Waals surface area contributed by atoms with Crippen LogP contribution in [-0.2, 0) is 4.74 Å². The Morgan fingerprint density at radius 3 is 2.61 bits per heavy atom. The molecule has 8 heteroatoms. The van der Waals surface area contributed by atoms with E-state index in [9.17, 15) is 9.18 Å². The van der Waals surface area contributed by atoms with Crippen LogP contribution in [-0.4, -0.2) is 66.9 Å². The lowest BCUT2D eigenvalue weighted by Gasteiger charge is -2.27. The zero-order valence-electron chi connectivity index (χ0n) is 20.9. The highest BCUT2D eigenvalue weighted by Crippen LogP contribution is 2.39. The Labute approximate surface area is 196 Å². The summed E-state index contributed by atoms with van der Waals surface area (Å²) in [5.41, 5.74) is 1.16. The minimum Gasteiger partial charge on any atom is -0.381 e. The number of anilines is 1. The van der Waals surface area contributed by atoms with Gasteiger partial charge in [0.15, 0.2) is 0 Å². The summed E-state index contributed by atoms with van der Waals surface area (Å²) in [5.74, 6) is 0.634. The van der Waals surface area contributed by atoms with Crippen LogP contribution in [0, 0.1) is 23.6 Å². The second-order valence-electron chi connectivity index (χ2n) is 9.33. The van der Waals surface area contributed by atoms with Crippen LogP contribution in [0.2, 0.25) is 0 Å². The maximum absolute atomic E-state index is 14.0. The number of nitrogens with zero attached hydrogens (tertiary/aromatic N) is 3. The number of carbonyl (C=O) groups excluding carboxylic acids is 1. The molecule has 0 spiro atoms. The number of carbonyl (C=O) groups is 1. The summed E-state index contributed by atoms with van der Waals surface area (Å²) in [4.78, 5) is 13.9. The van der Waals surface area contributed by atoms with Crippen molar-refractivity contribution in [1.29, 1.82) is 0 Å². The molecule has 1 aliphatic carbocycles. The number of hydrogen-bond acceptors (Lipinski definition) is 6. The lowest BCUT2D eigenvalue weighted by Crippen LogP contribution is -2.32. The molecule has 1 unspecified atom stereocenters. The molecule has 1 aromatic heterocycles. The van der Waals surface area contributed by atoms with Gasteiger partial charge >= 0.3 is 0 Å². The highest BCUT2D eigenvalue weighted by molar-refractivity contribution is 5.95. The van der Waals surface area contributed by atoms with Crippen LogP contribution in [0.3, 0.4) is 0 Å². The van der Waals surface area contributed by atoms with E-state index in [1.165, 1.54) is 19.2 Å². The van der Waals surface area contributed by atoms with E-state index in [0.29, 0.717) is 42.1 Å². The standard InChI is InChI=1S/C25H32FN5O2/c1-27-25(32)21-12-17(2-3-22(21)26)23-4-5-24(30-29-23)28-20-10-18-14-31(15-19(18)11-20)13-16-6-8-33-9-7-16/h2-5,12,16,18-20H,6-11,13-15H2,1H3,(H,27,32)(H,28,30)/t18-,19+,20?/i13D2. The van der Waals surface area contributed by atoms with Gasteiger partial charge in [0.2, 0.25) is 0 Å². The molecule has 2 saturated heterocycles. The molecule has 3 atom stereocenters. The van der Waals surface area contributed by atoms with Crippen LogP contribution in [0.4, 0.5) is 10.2 Å². The van der Waals surface area contributed by atoms with Crippen molar-refractivity contribution >= 4 is 11.7 Å². The van der Waals surface area contributed by atoms with Crippen molar-refractivity contribution in [3.8, 4) is 11.3 Å². The third-order valence-corrected chi connectivity index (χ3v) is 7.09. The van der Waals surface area contributed by atoms with Crippen molar-refractivity contribution in [2.75, 3.05) is 45.2 Å². The van der Waals surface area contributed by atoms with Crippen LogP contribution < -0.4 is 10.6 Å². The molecule has 3 aliphatic rings. The Kier molecular flexibility index (Phi) is 5.85. The highest BCUT2D eigenvalue weighted by atomic mass is 19.1. The van der Waals surface area contributed by atoms with E-state index < -0.39 is 18.2 Å². The first-order valence-electron chi connectivity index (χ1n) is 12.8. The van der Waals surface area contributed by atoms with E-state index in [0.717, 1.165) is 38.8 Å². The van der Waals surface area contributed by atoms with Crippen molar-refractivity contribution < 1.29 is 16.7 Å². The number of nitrogens with one attached hydrogen (secondary N) is 2. The monoisotopic (exact) mass is 455 g/mol. The van der Waals surface area contributed by atoms with Crippen LogP contribution >= 0.6 is 0 Å². The lowest BCUT2D eigenvalue weighted by atomic mass is 10.00. The number of amides is 1. The predicted molar refractivity (Wildman–Crippen MR) is 124 cm³/mol. The molecule has 2 aromatic rings. The Morgan fingerprint density at radius 2 is 1.94 bits per heavy atom. The minimum atomic E-state index is -1.27. The van der Waals surface area contributed by atoms with E-state index in [2.05, 4.69) is 25.7 Å². The van der Waals surface area contributed by atoms with E-state index in [1.807, 2.05) is 12.1 Å². The topological polar surface area (TPSA) is 79.4 Å². The fourth-order valence-corrected chi connectivity index (χ4v) is 5.37. The zero-order valence-corrected chi connectivity index (χ0v) is 18.9. The minimum absolute atomic E-state index is 0.0262. The smallest absolute Gasteiger partial charge is 0.254 e. The summed E-state index contributed by atoms with van der Waals surface area (Å²) in [7, 11) is 1.46. The van der Waals surface area contributed by atoms with Crippen molar-refractivity contribution in [3.05, 3.63) is 41.7 Å². The lowest BCUT2D eigenvalue weighted by molar-refractivity contribution is 0.0545. The molecule has 1 aromatic carbocycles. The maximum Gasteiger partial charge on any atom is 0.254 e. The summed E-state index contributed by atoms with van der Waals surface area (Å²) in [6.07, 6.45) is 3.56. The maximum atomic E-state index is 14.0. The Bertz CT molecular complexity index is 1050. The van der Waals surface area contributed by atoms with Gasteiger partial charge in [-0.25, -0.2) is 4.39 Å². The van der Waals surface area contributed by atoms with Crippen LogP contribution in [0.15, 0.2) is 30.3 Å². The predicted octanol–water partition coefficient (Wildman–Crippen LogP) is 3.19. The SMILES string of the molecule is [2H]C([2H])(C1CCOCC1)N1C[C@H]2CC(Nc3ccc(-c4ccc(F)c(C(=O)NC)c4)nn3)C[C@H]2C1. The first-order chi connectivity index (χ1) is 16.8.